The number of likely N-dealkylation sites (tertiary alicyclic amines) is 1. The second kappa shape index (κ2) is 9.51. The van der Waals surface area contributed by atoms with Gasteiger partial charge in [0.25, 0.3) is 5.78 Å². The van der Waals surface area contributed by atoms with Gasteiger partial charge >= 0.3 is 12.3 Å². The van der Waals surface area contributed by atoms with Crippen LogP contribution in [-0.4, -0.2) is 62.0 Å². The van der Waals surface area contributed by atoms with E-state index < -0.39 is 52.1 Å². The third-order valence-electron chi connectivity index (χ3n) is 6.36. The molecule has 8 nitrogen and oxygen atoms in total. The number of halogens is 6. The molecule has 1 saturated heterocycles. The summed E-state index contributed by atoms with van der Waals surface area (Å²) in [4.78, 5) is 21.5. The molecule has 1 aliphatic heterocycles. The highest BCUT2D eigenvalue weighted by Crippen LogP contribution is 2.51. The molecule has 1 unspecified atom stereocenters. The Hall–Kier alpha value is -3.66. The zero-order chi connectivity index (χ0) is 28.3. The van der Waals surface area contributed by atoms with E-state index in [0.29, 0.717) is 13.1 Å². The average Bonchev–Trinajstić information content (AvgIpc) is 3.14. The lowest BCUT2D eigenvalue weighted by atomic mass is 10.0. The van der Waals surface area contributed by atoms with Gasteiger partial charge in [-0.2, -0.15) is 32.8 Å². The number of amides is 1. The van der Waals surface area contributed by atoms with Gasteiger partial charge in [-0.3, -0.25) is 0 Å². The molecule has 1 saturated carbocycles. The predicted molar refractivity (Wildman–Crippen MR) is 131 cm³/mol. The first-order chi connectivity index (χ1) is 18.2. The van der Waals surface area contributed by atoms with Crippen molar-refractivity contribution >= 4 is 29.3 Å². The number of ether oxygens (including phenoxy) is 1. The summed E-state index contributed by atoms with van der Waals surface area (Å²) in [7, 11) is 0. The number of rotatable bonds is 3. The maximum absolute atomic E-state index is 15.3. The fourth-order valence-corrected chi connectivity index (χ4v) is 4.91. The number of alkyl halides is 3. The van der Waals surface area contributed by atoms with Crippen LogP contribution in [0.25, 0.3) is 16.9 Å². The Kier molecular flexibility index (Phi) is 6.57. The minimum absolute atomic E-state index is 0.0268. The van der Waals surface area contributed by atoms with E-state index in [2.05, 4.69) is 32.2 Å². The number of piperidine rings is 1. The third kappa shape index (κ3) is 5.56. The summed E-state index contributed by atoms with van der Waals surface area (Å²) >= 11 is 6.16. The number of nitrogens with one attached hydrogen (secondary N) is 1. The minimum atomic E-state index is -4.64. The van der Waals surface area contributed by atoms with Crippen molar-refractivity contribution in [2.45, 2.75) is 32.5 Å². The lowest BCUT2D eigenvalue weighted by Gasteiger charge is -2.25. The molecule has 1 amide bonds. The van der Waals surface area contributed by atoms with E-state index in [4.69, 9.17) is 16.3 Å². The van der Waals surface area contributed by atoms with Crippen LogP contribution in [-0.2, 0) is 4.74 Å². The number of nitrogens with zero attached hydrogens (tertiary/aromatic N) is 5. The van der Waals surface area contributed by atoms with Crippen molar-refractivity contribution in [2.24, 2.45) is 17.8 Å². The molecule has 5 rings (SSSR count). The number of aromatic nitrogens is 4. The zero-order valence-electron chi connectivity index (χ0n) is 20.9. The standard InChI is InChI=1S/C25H22ClF5N6O2/c1-24(2,3)39-23(38)36-8-14-13(15(14)9-36)5-4-12-6-16(27)18(17(28)7-12)19-20(26)35-22-33-11-34-37(22)21(19)32-10-25(29,30)31/h6-7,11,13-15,32H,8-10H2,1-3H3/t13?,14-,15+. The zero-order valence-corrected chi connectivity index (χ0v) is 21.7. The van der Waals surface area contributed by atoms with Crippen molar-refractivity contribution < 1.29 is 31.5 Å². The number of hydrogen-bond acceptors (Lipinski definition) is 6. The summed E-state index contributed by atoms with van der Waals surface area (Å²) < 4.78 is 75.6. The molecule has 0 spiro atoms. The molecule has 1 aliphatic carbocycles. The number of benzene rings is 1. The lowest BCUT2D eigenvalue weighted by Crippen LogP contribution is -2.37. The molecule has 206 valence electrons. The van der Waals surface area contributed by atoms with Crippen LogP contribution in [0.4, 0.5) is 32.6 Å². The van der Waals surface area contributed by atoms with Crippen LogP contribution in [0, 0.1) is 41.2 Å². The first kappa shape index (κ1) is 26.9. The summed E-state index contributed by atoms with van der Waals surface area (Å²) in [5.41, 5.74) is -1.68. The van der Waals surface area contributed by atoms with Gasteiger partial charge in [0.05, 0.1) is 11.1 Å². The van der Waals surface area contributed by atoms with Crippen LogP contribution in [0.5, 0.6) is 0 Å². The molecule has 0 radical (unpaired) electrons. The topological polar surface area (TPSA) is 84.7 Å². The highest BCUT2D eigenvalue weighted by atomic mass is 35.5. The quantitative estimate of drug-likeness (QED) is 0.267. The first-order valence-corrected chi connectivity index (χ1v) is 12.3. The number of carbonyl (C=O) groups excluding carboxylic acids is 1. The van der Waals surface area contributed by atoms with E-state index in [1.54, 1.807) is 25.7 Å². The van der Waals surface area contributed by atoms with Crippen molar-refractivity contribution in [2.75, 3.05) is 25.0 Å². The van der Waals surface area contributed by atoms with E-state index in [1.807, 2.05) is 0 Å². The van der Waals surface area contributed by atoms with E-state index in [-0.39, 0.29) is 35.2 Å². The Labute approximate surface area is 224 Å². The molecule has 39 heavy (non-hydrogen) atoms. The highest BCUT2D eigenvalue weighted by Gasteiger charge is 2.56. The number of carbonyl (C=O) groups is 1. The van der Waals surface area contributed by atoms with Gasteiger partial charge in [-0.05, 0) is 44.7 Å². The van der Waals surface area contributed by atoms with Gasteiger partial charge in [0, 0.05) is 24.6 Å². The molecule has 2 aromatic heterocycles. The number of anilines is 1. The van der Waals surface area contributed by atoms with Crippen molar-refractivity contribution in [1.29, 1.82) is 0 Å². The first-order valence-electron chi connectivity index (χ1n) is 11.9. The second-order valence-corrected chi connectivity index (χ2v) is 10.7. The molecule has 1 aromatic carbocycles. The molecule has 3 atom stereocenters. The third-order valence-corrected chi connectivity index (χ3v) is 6.63. The van der Waals surface area contributed by atoms with Crippen molar-refractivity contribution in [3.63, 3.8) is 0 Å². The summed E-state index contributed by atoms with van der Waals surface area (Å²) in [6.45, 7) is 4.83. The summed E-state index contributed by atoms with van der Waals surface area (Å²) in [5, 5.41) is 5.43. The van der Waals surface area contributed by atoms with Crippen LogP contribution in [0.2, 0.25) is 5.15 Å². The molecule has 0 bridgehead atoms. The number of hydrogen-bond donors (Lipinski definition) is 1. The van der Waals surface area contributed by atoms with Gasteiger partial charge < -0.3 is 15.0 Å². The van der Waals surface area contributed by atoms with Gasteiger partial charge in [-0.15, -0.1) is 0 Å². The highest BCUT2D eigenvalue weighted by molar-refractivity contribution is 6.33. The molecule has 2 aliphatic rings. The molecular formula is C25H22ClF5N6O2. The smallest absolute Gasteiger partial charge is 0.410 e. The molecule has 2 fully saturated rings. The molecular weight excluding hydrogens is 547 g/mol. The predicted octanol–water partition coefficient (Wildman–Crippen LogP) is 5.16. The van der Waals surface area contributed by atoms with Crippen LogP contribution in [0.3, 0.4) is 0 Å². The molecule has 3 heterocycles. The van der Waals surface area contributed by atoms with Gasteiger partial charge in [-0.1, -0.05) is 23.4 Å². The number of fused-ring (bicyclic) bond motifs is 2. The van der Waals surface area contributed by atoms with Gasteiger partial charge in [0.2, 0.25) is 0 Å². The molecule has 1 N–H and O–H groups in total. The van der Waals surface area contributed by atoms with E-state index in [9.17, 15) is 18.0 Å². The SMILES string of the molecule is CC(C)(C)OC(=O)N1C[C@@H]2C(C#Cc3cc(F)c(-c4c(Cl)nc5ncnn5c4NCC(F)(F)F)c(F)c3)[C@@H]2C1. The van der Waals surface area contributed by atoms with Gasteiger partial charge in [-0.25, -0.2) is 13.6 Å². The van der Waals surface area contributed by atoms with Gasteiger partial charge in [0.15, 0.2) is 0 Å². The van der Waals surface area contributed by atoms with Crippen LogP contribution < -0.4 is 5.32 Å². The van der Waals surface area contributed by atoms with Crippen LogP contribution in [0.15, 0.2) is 18.5 Å². The Bertz CT molecular complexity index is 1490. The largest absolute Gasteiger partial charge is 0.444 e. The normalized spacial score (nSPS) is 20.4. The summed E-state index contributed by atoms with van der Waals surface area (Å²) in [6.07, 6.45) is -4.00. The Morgan fingerprint density at radius 2 is 1.79 bits per heavy atom. The lowest BCUT2D eigenvalue weighted by molar-refractivity contribution is -0.115. The monoisotopic (exact) mass is 568 g/mol. The minimum Gasteiger partial charge on any atom is -0.444 e. The Morgan fingerprint density at radius 3 is 2.38 bits per heavy atom. The molecule has 3 aromatic rings. The van der Waals surface area contributed by atoms with E-state index >= 15 is 8.78 Å². The Morgan fingerprint density at radius 1 is 1.15 bits per heavy atom. The maximum atomic E-state index is 15.3. The molecule has 14 heteroatoms. The second-order valence-electron chi connectivity index (χ2n) is 10.4. The summed E-state index contributed by atoms with van der Waals surface area (Å²) in [5.74, 6) is 3.31. The fraction of sp³-hybridized carbons (Fsp3) is 0.440. The average molecular weight is 569 g/mol. The maximum Gasteiger partial charge on any atom is 0.410 e. The van der Waals surface area contributed by atoms with Crippen molar-refractivity contribution in [3.05, 3.63) is 40.8 Å². The van der Waals surface area contributed by atoms with Crippen LogP contribution >= 0.6 is 11.6 Å². The van der Waals surface area contributed by atoms with Crippen molar-refractivity contribution in [1.82, 2.24) is 24.5 Å². The van der Waals surface area contributed by atoms with E-state index in [1.165, 1.54) is 0 Å². The van der Waals surface area contributed by atoms with E-state index in [0.717, 1.165) is 23.0 Å². The Balaban J connectivity index is 1.38. The van der Waals surface area contributed by atoms with Crippen molar-refractivity contribution in [3.8, 4) is 23.0 Å². The van der Waals surface area contributed by atoms with Gasteiger partial charge in [0.1, 0.15) is 41.1 Å². The fourth-order valence-electron chi connectivity index (χ4n) is 4.65. The van der Waals surface area contributed by atoms with Crippen LogP contribution in [0.1, 0.15) is 26.3 Å². The summed E-state index contributed by atoms with van der Waals surface area (Å²) in [6, 6.07) is 1.96.